The van der Waals surface area contributed by atoms with Gasteiger partial charge >= 0.3 is 0 Å². The van der Waals surface area contributed by atoms with Crippen LogP contribution in [0.25, 0.3) is 59.9 Å². The minimum absolute atomic E-state index is 1.22. The second kappa shape index (κ2) is 16.4. The van der Waals surface area contributed by atoms with Gasteiger partial charge in [0, 0.05) is 58.5 Å². The Morgan fingerprint density at radius 1 is 0.292 bits per heavy atom. The summed E-state index contributed by atoms with van der Waals surface area (Å²) < 4.78 is 0. The summed E-state index contributed by atoms with van der Waals surface area (Å²) in [6, 6.07) is 36.9. The molecule has 6 heteroatoms. The average Bonchev–Trinajstić information content (AvgIpc) is 3.95. The first-order valence-electron chi connectivity index (χ1n) is 17.4. The van der Waals surface area contributed by atoms with E-state index in [2.05, 4.69) is 111 Å². The van der Waals surface area contributed by atoms with Crippen molar-refractivity contribution in [3.8, 4) is 59.9 Å². The van der Waals surface area contributed by atoms with Gasteiger partial charge in [0.05, 0.1) is 0 Å². The van der Waals surface area contributed by atoms with E-state index in [9.17, 15) is 0 Å². The third-order valence-corrected chi connectivity index (χ3v) is 16.2. The monoisotopic (exact) mass is 738 g/mol. The predicted octanol–water partition coefficient (Wildman–Crippen LogP) is 16.3. The summed E-state index contributed by atoms with van der Waals surface area (Å²) in [6.45, 7) is 4.56. The molecule has 0 spiro atoms. The molecule has 0 bridgehead atoms. The molecule has 0 aliphatic rings. The summed E-state index contributed by atoms with van der Waals surface area (Å²) in [5.74, 6) is 0. The van der Waals surface area contributed by atoms with Crippen molar-refractivity contribution in [3.05, 3.63) is 107 Å². The number of aryl methyl sites for hydroxylation is 2. The van der Waals surface area contributed by atoms with Gasteiger partial charge in [0.1, 0.15) is 0 Å². The molecule has 0 radical (unpaired) electrons. The van der Waals surface area contributed by atoms with Crippen LogP contribution in [0.1, 0.15) is 75.0 Å². The van der Waals surface area contributed by atoms with Gasteiger partial charge in [0.15, 0.2) is 0 Å². The Kier molecular flexibility index (Phi) is 11.6. The van der Waals surface area contributed by atoms with Crippen molar-refractivity contribution >= 4 is 68.0 Å². The van der Waals surface area contributed by atoms with Crippen LogP contribution < -0.4 is 0 Å². The summed E-state index contributed by atoms with van der Waals surface area (Å²) in [4.78, 5) is 16.7. The first-order valence-corrected chi connectivity index (χ1v) is 22.3. The van der Waals surface area contributed by atoms with Gasteiger partial charge in [-0.2, -0.15) is 0 Å². The Hall–Kier alpha value is -2.58. The Morgan fingerprint density at radius 2 is 0.583 bits per heavy atom. The molecule has 6 aromatic heterocycles. The zero-order chi connectivity index (χ0) is 32.7. The molecule has 0 saturated heterocycles. The summed E-state index contributed by atoms with van der Waals surface area (Å²) in [5, 5.41) is 0. The Bertz CT molecular complexity index is 1870. The number of hydrogen-bond donors (Lipinski definition) is 0. The van der Waals surface area contributed by atoms with Crippen LogP contribution in [-0.2, 0) is 12.8 Å². The summed E-state index contributed by atoms with van der Waals surface area (Å²) in [5.41, 5.74) is 2.58. The maximum atomic E-state index is 2.34. The fraction of sp³-hybridized carbons (Fsp3) is 0.286. The second-order valence-corrected chi connectivity index (χ2v) is 19.1. The molecule has 246 valence electrons. The summed E-state index contributed by atoms with van der Waals surface area (Å²) in [7, 11) is 0. The van der Waals surface area contributed by atoms with E-state index in [0.717, 1.165) is 0 Å². The van der Waals surface area contributed by atoms with Crippen molar-refractivity contribution in [2.75, 3.05) is 0 Å². The molecular formula is C42H42S6. The van der Waals surface area contributed by atoms with Crippen LogP contribution >= 0.6 is 68.0 Å². The molecule has 0 aliphatic carbocycles. The highest BCUT2D eigenvalue weighted by Gasteiger charge is 2.13. The van der Waals surface area contributed by atoms with Crippen LogP contribution in [0.2, 0.25) is 0 Å². The lowest BCUT2D eigenvalue weighted by Crippen LogP contribution is -1.80. The quantitative estimate of drug-likeness (QED) is 0.0866. The van der Waals surface area contributed by atoms with Crippen LogP contribution in [0.3, 0.4) is 0 Å². The third kappa shape index (κ3) is 8.23. The summed E-state index contributed by atoms with van der Waals surface area (Å²) in [6.07, 6.45) is 13.0. The van der Waals surface area contributed by atoms with Crippen molar-refractivity contribution in [2.45, 2.75) is 78.1 Å². The lowest BCUT2D eigenvalue weighted by atomic mass is 10.1. The van der Waals surface area contributed by atoms with E-state index in [1.165, 1.54) is 134 Å². The van der Waals surface area contributed by atoms with Gasteiger partial charge in [0.2, 0.25) is 0 Å². The minimum Gasteiger partial charge on any atom is -0.139 e. The van der Waals surface area contributed by atoms with Crippen molar-refractivity contribution in [1.82, 2.24) is 0 Å². The molecule has 1 aromatic carbocycles. The molecule has 7 aromatic rings. The first-order chi connectivity index (χ1) is 23.7. The van der Waals surface area contributed by atoms with E-state index in [1.807, 2.05) is 68.0 Å². The SMILES string of the molecule is CCCCCCc1ccc(-c2ccc(-c3ccc(-c4ccc(-c5ccc(-c6ccc(-c7ccc(CCCCCC)s7)s6)s5)cc4)s3)s2)s1. The molecule has 48 heavy (non-hydrogen) atoms. The van der Waals surface area contributed by atoms with Gasteiger partial charge in [-0.25, -0.2) is 0 Å². The van der Waals surface area contributed by atoms with Gasteiger partial charge in [-0.05, 0) is 110 Å². The maximum absolute atomic E-state index is 2.34. The van der Waals surface area contributed by atoms with Gasteiger partial charge in [-0.1, -0.05) is 76.6 Å². The van der Waals surface area contributed by atoms with Crippen LogP contribution in [0, 0.1) is 0 Å². The Balaban J connectivity index is 0.975. The van der Waals surface area contributed by atoms with Crippen LogP contribution in [-0.4, -0.2) is 0 Å². The van der Waals surface area contributed by atoms with E-state index in [4.69, 9.17) is 0 Å². The molecule has 7 rings (SSSR count). The van der Waals surface area contributed by atoms with Crippen LogP contribution in [0.15, 0.2) is 97.1 Å². The first kappa shape index (κ1) is 33.9. The zero-order valence-corrected chi connectivity index (χ0v) is 32.7. The fourth-order valence-electron chi connectivity index (χ4n) is 6.00. The molecule has 0 nitrogen and oxygen atoms in total. The van der Waals surface area contributed by atoms with Crippen molar-refractivity contribution in [2.24, 2.45) is 0 Å². The number of benzene rings is 1. The standard InChI is InChI=1S/C42H42S6/c1-3-5-7-9-11-31-17-19-35(43-31)37-25-27-41(47-37)39-23-21-33(45-39)29-13-15-30(16-14-29)34-22-24-40(46-34)42-28-26-38(48-42)36-20-18-32(44-36)12-10-8-6-4-2/h13-28H,3-12H2,1-2H3. The normalized spacial score (nSPS) is 11.5. The molecule has 0 fully saturated rings. The van der Waals surface area contributed by atoms with Crippen molar-refractivity contribution in [3.63, 3.8) is 0 Å². The smallest absolute Gasteiger partial charge is 0.0449 e. The second-order valence-electron chi connectivity index (χ2n) is 12.4. The van der Waals surface area contributed by atoms with Gasteiger partial charge < -0.3 is 0 Å². The van der Waals surface area contributed by atoms with Gasteiger partial charge in [0.25, 0.3) is 0 Å². The van der Waals surface area contributed by atoms with Crippen LogP contribution in [0.4, 0.5) is 0 Å². The molecule has 0 N–H and O–H groups in total. The number of rotatable bonds is 16. The van der Waals surface area contributed by atoms with E-state index < -0.39 is 0 Å². The topological polar surface area (TPSA) is 0 Å². The van der Waals surface area contributed by atoms with E-state index in [-0.39, 0.29) is 0 Å². The lowest BCUT2D eigenvalue weighted by molar-refractivity contribution is 0.670. The molecule has 6 heterocycles. The molecule has 0 amide bonds. The van der Waals surface area contributed by atoms with E-state index >= 15 is 0 Å². The van der Waals surface area contributed by atoms with Crippen molar-refractivity contribution in [1.29, 1.82) is 0 Å². The van der Waals surface area contributed by atoms with E-state index in [0.29, 0.717) is 0 Å². The highest BCUT2D eigenvalue weighted by Crippen LogP contribution is 2.44. The molecule has 0 atom stereocenters. The molecular weight excluding hydrogens is 697 g/mol. The Labute approximate surface area is 310 Å². The van der Waals surface area contributed by atoms with Gasteiger partial charge in [-0.3, -0.25) is 0 Å². The number of hydrogen-bond acceptors (Lipinski definition) is 6. The summed E-state index contributed by atoms with van der Waals surface area (Å²) >= 11 is 11.6. The maximum Gasteiger partial charge on any atom is 0.0449 e. The van der Waals surface area contributed by atoms with Crippen molar-refractivity contribution < 1.29 is 0 Å². The molecule has 0 saturated carbocycles. The highest BCUT2D eigenvalue weighted by atomic mass is 32.1. The van der Waals surface area contributed by atoms with E-state index in [1.54, 1.807) is 0 Å². The molecule has 0 aliphatic heterocycles. The lowest BCUT2D eigenvalue weighted by Gasteiger charge is -2.01. The highest BCUT2D eigenvalue weighted by molar-refractivity contribution is 7.28. The zero-order valence-electron chi connectivity index (χ0n) is 27.8. The Morgan fingerprint density at radius 3 is 0.938 bits per heavy atom. The number of unbranched alkanes of at least 4 members (excludes halogenated alkanes) is 6. The van der Waals surface area contributed by atoms with Crippen LogP contribution in [0.5, 0.6) is 0 Å². The molecule has 0 unspecified atom stereocenters. The van der Waals surface area contributed by atoms with Gasteiger partial charge in [-0.15, -0.1) is 68.0 Å². The fourth-order valence-corrected chi connectivity index (χ4v) is 12.5. The number of thiophene rings is 6. The minimum atomic E-state index is 1.22. The predicted molar refractivity (Wildman–Crippen MR) is 222 cm³/mol. The largest absolute Gasteiger partial charge is 0.139 e. The average molecular weight is 739 g/mol. The third-order valence-electron chi connectivity index (χ3n) is 8.73.